The molecule has 0 N–H and O–H groups in total. The number of aromatic nitrogens is 3. The molecule has 2 heterocycles. The highest BCUT2D eigenvalue weighted by Gasteiger charge is 2.54. The van der Waals surface area contributed by atoms with Crippen LogP contribution < -0.4 is 0 Å². The highest BCUT2D eigenvalue weighted by molar-refractivity contribution is 5.24. The summed E-state index contributed by atoms with van der Waals surface area (Å²) in [5.74, 6) is 5.53. The van der Waals surface area contributed by atoms with E-state index >= 15 is 0 Å². The van der Waals surface area contributed by atoms with Crippen molar-refractivity contribution in [2.75, 3.05) is 0 Å². The molecule has 0 spiro atoms. The first-order chi connectivity index (χ1) is 12.7. The second kappa shape index (κ2) is 5.40. The molecule has 4 aliphatic carbocycles. The fourth-order valence-electron chi connectivity index (χ4n) is 7.11. The van der Waals surface area contributed by atoms with E-state index in [0.717, 1.165) is 37.1 Å². The second-order valence-corrected chi connectivity index (χ2v) is 9.54. The Bertz CT molecular complexity index is 802. The molecule has 1 aliphatic heterocycles. The molecule has 0 amide bonds. The quantitative estimate of drug-likeness (QED) is 0.791. The molecule has 1 unspecified atom stereocenters. The summed E-state index contributed by atoms with van der Waals surface area (Å²) in [5.41, 5.74) is 1.55. The van der Waals surface area contributed by atoms with Crippen molar-refractivity contribution in [3.05, 3.63) is 47.3 Å². The molecule has 2 aromatic rings. The van der Waals surface area contributed by atoms with Gasteiger partial charge in [0.25, 0.3) is 0 Å². The molecular formula is C22H26FN3. The number of aryl methyl sites for hydroxylation is 1. The highest BCUT2D eigenvalue weighted by Crippen LogP contribution is 2.60. The lowest BCUT2D eigenvalue weighted by Gasteiger charge is -2.56. The first kappa shape index (κ1) is 15.4. The van der Waals surface area contributed by atoms with E-state index in [9.17, 15) is 4.39 Å². The zero-order chi connectivity index (χ0) is 17.3. The van der Waals surface area contributed by atoms with Crippen LogP contribution in [0.3, 0.4) is 0 Å². The van der Waals surface area contributed by atoms with Gasteiger partial charge in [0, 0.05) is 24.3 Å². The Labute approximate surface area is 154 Å². The van der Waals surface area contributed by atoms with Crippen molar-refractivity contribution in [3.8, 4) is 0 Å². The maximum atomic E-state index is 13.3. The van der Waals surface area contributed by atoms with Gasteiger partial charge in [0.15, 0.2) is 0 Å². The average Bonchev–Trinajstić information content (AvgIpc) is 3.05. The van der Waals surface area contributed by atoms with Gasteiger partial charge >= 0.3 is 0 Å². The van der Waals surface area contributed by atoms with Crippen molar-refractivity contribution in [2.45, 2.75) is 69.2 Å². The van der Waals surface area contributed by atoms with Crippen LogP contribution in [0.1, 0.15) is 68.1 Å². The minimum Gasteiger partial charge on any atom is -0.314 e. The summed E-state index contributed by atoms with van der Waals surface area (Å²) in [5, 5.41) is 9.39. The zero-order valence-corrected chi connectivity index (χ0v) is 15.2. The van der Waals surface area contributed by atoms with Crippen molar-refractivity contribution < 1.29 is 4.39 Å². The van der Waals surface area contributed by atoms with Crippen molar-refractivity contribution in [1.29, 1.82) is 0 Å². The van der Waals surface area contributed by atoms with E-state index in [1.165, 1.54) is 55.7 Å². The van der Waals surface area contributed by atoms with Crippen LogP contribution in [0.25, 0.3) is 0 Å². The largest absolute Gasteiger partial charge is 0.314 e. The van der Waals surface area contributed by atoms with Crippen LogP contribution >= 0.6 is 0 Å². The predicted octanol–water partition coefficient (Wildman–Crippen LogP) is 4.62. The molecule has 1 atom stereocenters. The van der Waals surface area contributed by atoms with Crippen LogP contribution in [0.5, 0.6) is 0 Å². The van der Waals surface area contributed by atoms with E-state index in [2.05, 4.69) is 9.67 Å². The topological polar surface area (TPSA) is 30.7 Å². The van der Waals surface area contributed by atoms with Crippen LogP contribution in [0.15, 0.2) is 24.3 Å². The first-order valence-electron chi connectivity index (χ1n) is 10.4. The number of hydrogen-bond donors (Lipinski definition) is 0. The number of halogens is 1. The average molecular weight is 351 g/mol. The number of nitrogens with zero attached hydrogens (tertiary/aromatic N) is 3. The van der Waals surface area contributed by atoms with Crippen molar-refractivity contribution >= 4 is 0 Å². The summed E-state index contributed by atoms with van der Waals surface area (Å²) in [4.78, 5) is 0. The number of hydrogen-bond acceptors (Lipinski definition) is 2. The second-order valence-electron chi connectivity index (χ2n) is 9.54. The summed E-state index contributed by atoms with van der Waals surface area (Å²) < 4.78 is 15.8. The number of fused-ring (bicyclic) bond motifs is 1. The Hall–Kier alpha value is -1.71. The lowest BCUT2D eigenvalue weighted by Crippen LogP contribution is -2.50. The van der Waals surface area contributed by atoms with E-state index in [0.29, 0.717) is 11.3 Å². The van der Waals surface area contributed by atoms with Gasteiger partial charge in [0.05, 0.1) is 0 Å². The third-order valence-corrected chi connectivity index (χ3v) is 7.80. The fourth-order valence-corrected chi connectivity index (χ4v) is 7.11. The van der Waals surface area contributed by atoms with Gasteiger partial charge in [-0.2, -0.15) is 0 Å². The van der Waals surface area contributed by atoms with Gasteiger partial charge in [-0.05, 0) is 80.4 Å². The van der Waals surface area contributed by atoms with Crippen LogP contribution in [-0.4, -0.2) is 14.8 Å². The van der Waals surface area contributed by atoms with Gasteiger partial charge in [-0.3, -0.25) is 0 Å². The molecule has 136 valence electrons. The summed E-state index contributed by atoms with van der Waals surface area (Å²) in [6.45, 7) is 0.963. The molecular weight excluding hydrogens is 325 g/mol. The maximum absolute atomic E-state index is 13.3. The zero-order valence-electron chi connectivity index (χ0n) is 15.2. The predicted molar refractivity (Wildman–Crippen MR) is 97.3 cm³/mol. The number of benzene rings is 1. The van der Waals surface area contributed by atoms with E-state index in [-0.39, 0.29) is 5.82 Å². The molecule has 4 fully saturated rings. The lowest BCUT2D eigenvalue weighted by atomic mass is 9.49. The third kappa shape index (κ3) is 2.23. The summed E-state index contributed by atoms with van der Waals surface area (Å²) in [6, 6.07) is 7.10. The molecule has 4 bridgehead atoms. The molecule has 3 nitrogen and oxygen atoms in total. The van der Waals surface area contributed by atoms with Crippen LogP contribution in [-0.2, 0) is 18.4 Å². The van der Waals surface area contributed by atoms with Crippen molar-refractivity contribution in [3.63, 3.8) is 0 Å². The van der Waals surface area contributed by atoms with Gasteiger partial charge in [0.1, 0.15) is 17.5 Å². The van der Waals surface area contributed by atoms with Gasteiger partial charge in [0.2, 0.25) is 0 Å². The Morgan fingerprint density at radius 2 is 1.58 bits per heavy atom. The minimum atomic E-state index is -0.149. The van der Waals surface area contributed by atoms with Crippen molar-refractivity contribution in [2.24, 2.45) is 17.8 Å². The summed E-state index contributed by atoms with van der Waals surface area (Å²) in [7, 11) is 0. The highest BCUT2D eigenvalue weighted by atomic mass is 19.1. The van der Waals surface area contributed by atoms with Gasteiger partial charge in [-0.1, -0.05) is 12.1 Å². The molecule has 5 aliphatic rings. The SMILES string of the molecule is Fc1ccc(C2CCc3nnc(C45CC6CC(CC(C6)C4)C5)n3C2)cc1. The molecule has 26 heavy (non-hydrogen) atoms. The Kier molecular flexibility index (Phi) is 3.19. The summed E-state index contributed by atoms with van der Waals surface area (Å²) in [6.07, 6.45) is 10.4. The lowest BCUT2D eigenvalue weighted by molar-refractivity contribution is -0.0115. The van der Waals surface area contributed by atoms with Gasteiger partial charge in [-0.15, -0.1) is 10.2 Å². The van der Waals surface area contributed by atoms with Gasteiger partial charge in [-0.25, -0.2) is 4.39 Å². The van der Waals surface area contributed by atoms with E-state index < -0.39 is 0 Å². The molecule has 0 radical (unpaired) electrons. The monoisotopic (exact) mass is 351 g/mol. The molecule has 4 saturated carbocycles. The fraction of sp³-hybridized carbons (Fsp3) is 0.636. The number of rotatable bonds is 2. The van der Waals surface area contributed by atoms with E-state index in [1.54, 1.807) is 12.1 Å². The standard InChI is InChI=1S/C22H26FN3/c23-19-4-1-17(2-5-19)18-3-6-20-24-25-21(26(20)13-18)22-10-14-7-15(11-22)9-16(8-14)12-22/h1-2,4-5,14-16,18H,3,6-13H2. The van der Waals surface area contributed by atoms with Gasteiger partial charge < -0.3 is 4.57 Å². The molecule has 1 aromatic heterocycles. The van der Waals surface area contributed by atoms with Crippen molar-refractivity contribution in [1.82, 2.24) is 14.8 Å². The van der Waals surface area contributed by atoms with Crippen LogP contribution in [0.4, 0.5) is 4.39 Å². The third-order valence-electron chi connectivity index (χ3n) is 7.80. The van der Waals surface area contributed by atoms with Crippen LogP contribution in [0, 0.1) is 23.6 Å². The molecule has 4 heteroatoms. The Morgan fingerprint density at radius 3 is 2.23 bits per heavy atom. The smallest absolute Gasteiger partial charge is 0.139 e. The molecule has 1 aromatic carbocycles. The van der Waals surface area contributed by atoms with E-state index in [4.69, 9.17) is 5.10 Å². The summed E-state index contributed by atoms with van der Waals surface area (Å²) >= 11 is 0. The van der Waals surface area contributed by atoms with E-state index in [1.807, 2.05) is 12.1 Å². The molecule has 7 rings (SSSR count). The van der Waals surface area contributed by atoms with Crippen LogP contribution in [0.2, 0.25) is 0 Å². The molecule has 0 saturated heterocycles. The Morgan fingerprint density at radius 1 is 0.923 bits per heavy atom. The Balaban J connectivity index is 1.35. The normalized spacial score (nSPS) is 37.7. The maximum Gasteiger partial charge on any atom is 0.139 e. The first-order valence-corrected chi connectivity index (χ1v) is 10.4. The minimum absolute atomic E-state index is 0.149.